The molecule has 0 radical (unpaired) electrons. The Bertz CT molecular complexity index is 1420. The zero-order valence-corrected chi connectivity index (χ0v) is 20.5. The molecule has 1 atom stereocenters. The van der Waals surface area contributed by atoms with Gasteiger partial charge in [-0.1, -0.05) is 6.07 Å². The van der Waals surface area contributed by atoms with E-state index < -0.39 is 17.7 Å². The zero-order valence-electron chi connectivity index (χ0n) is 20.5. The number of nitrogens with two attached hydrogens (primary N) is 2. The number of allylic oxidation sites excluding steroid dienone is 1. The molecule has 0 spiro atoms. The van der Waals surface area contributed by atoms with Gasteiger partial charge in [0.15, 0.2) is 5.82 Å². The van der Waals surface area contributed by atoms with Gasteiger partial charge < -0.3 is 26.0 Å². The highest BCUT2D eigenvalue weighted by Gasteiger charge is 2.46. The van der Waals surface area contributed by atoms with Crippen molar-refractivity contribution in [1.29, 1.82) is 5.26 Å². The molecule has 0 fully saturated rings. The van der Waals surface area contributed by atoms with Crippen molar-refractivity contribution >= 4 is 5.52 Å². The van der Waals surface area contributed by atoms with Gasteiger partial charge in [0.1, 0.15) is 17.4 Å². The number of alkyl halides is 3. The first kappa shape index (κ1) is 25.9. The van der Waals surface area contributed by atoms with E-state index in [0.29, 0.717) is 29.9 Å². The van der Waals surface area contributed by atoms with Crippen LogP contribution in [0.5, 0.6) is 0 Å². The number of fused-ring (bicyclic) bond motifs is 1. The second kappa shape index (κ2) is 9.72. The molecular formula is C24H26F3N9O. The summed E-state index contributed by atoms with van der Waals surface area (Å²) in [4.78, 5) is 12.3. The molecule has 0 saturated heterocycles. The second-order valence-electron chi connectivity index (χ2n) is 9.00. The summed E-state index contributed by atoms with van der Waals surface area (Å²) < 4.78 is 46.5. The van der Waals surface area contributed by atoms with Crippen LogP contribution in [-0.4, -0.2) is 70.0 Å². The van der Waals surface area contributed by atoms with Gasteiger partial charge in [0.05, 0.1) is 28.7 Å². The number of hydrogen-bond acceptors (Lipinski definition) is 9. The van der Waals surface area contributed by atoms with Gasteiger partial charge in [-0.15, -0.1) is 13.2 Å². The normalized spacial score (nSPS) is 18.2. The predicted molar refractivity (Wildman–Crippen MR) is 129 cm³/mol. The van der Waals surface area contributed by atoms with Gasteiger partial charge in [-0.2, -0.15) is 10.4 Å². The van der Waals surface area contributed by atoms with Crippen LogP contribution in [0.4, 0.5) is 13.2 Å². The Hall–Kier alpha value is -4.15. The third-order valence-electron chi connectivity index (χ3n) is 6.02. The van der Waals surface area contributed by atoms with Crippen molar-refractivity contribution in [3.05, 3.63) is 71.4 Å². The van der Waals surface area contributed by atoms with Crippen molar-refractivity contribution in [2.45, 2.75) is 18.3 Å². The molecule has 3 aromatic rings. The average Bonchev–Trinajstić information content (AvgIpc) is 3.27. The maximum Gasteiger partial charge on any atom is 0.572 e. The van der Waals surface area contributed by atoms with Crippen LogP contribution >= 0.6 is 0 Å². The minimum Gasteiger partial charge on any atom is -0.408 e. The molecule has 13 heteroatoms. The van der Waals surface area contributed by atoms with E-state index in [-0.39, 0.29) is 29.2 Å². The second-order valence-corrected chi connectivity index (χ2v) is 9.00. The van der Waals surface area contributed by atoms with Gasteiger partial charge in [-0.05, 0) is 26.2 Å². The monoisotopic (exact) mass is 513 g/mol. The van der Waals surface area contributed by atoms with E-state index >= 15 is 0 Å². The molecule has 0 amide bonds. The summed E-state index contributed by atoms with van der Waals surface area (Å²) >= 11 is 0. The van der Waals surface area contributed by atoms with Crippen molar-refractivity contribution < 1.29 is 17.9 Å². The van der Waals surface area contributed by atoms with E-state index in [1.54, 1.807) is 40.9 Å². The quantitative estimate of drug-likeness (QED) is 0.488. The van der Waals surface area contributed by atoms with E-state index in [4.69, 9.17) is 11.5 Å². The first-order valence-corrected chi connectivity index (χ1v) is 11.2. The van der Waals surface area contributed by atoms with E-state index in [0.717, 1.165) is 0 Å². The lowest BCUT2D eigenvalue weighted by Gasteiger charge is -2.37. The summed E-state index contributed by atoms with van der Waals surface area (Å²) in [5.41, 5.74) is 13.0. The molecule has 10 nitrogen and oxygen atoms in total. The summed E-state index contributed by atoms with van der Waals surface area (Å²) in [6.07, 6.45) is 0.378. The molecular weight excluding hydrogens is 487 g/mol. The highest BCUT2D eigenvalue weighted by molar-refractivity contribution is 5.80. The average molecular weight is 514 g/mol. The summed E-state index contributed by atoms with van der Waals surface area (Å²) in [6.45, 7) is 1.15. The highest BCUT2D eigenvalue weighted by Crippen LogP contribution is 2.41. The Morgan fingerprint density at radius 2 is 1.97 bits per heavy atom. The van der Waals surface area contributed by atoms with Gasteiger partial charge in [-0.25, -0.2) is 14.5 Å². The fourth-order valence-electron chi connectivity index (χ4n) is 4.08. The number of pyridine rings is 1. The number of aromatic nitrogens is 4. The summed E-state index contributed by atoms with van der Waals surface area (Å²) in [5, 5.41) is 13.9. The van der Waals surface area contributed by atoms with Crippen LogP contribution in [0.2, 0.25) is 0 Å². The Kier molecular flexibility index (Phi) is 6.81. The lowest BCUT2D eigenvalue weighted by atomic mass is 9.85. The third-order valence-corrected chi connectivity index (χ3v) is 6.02. The van der Waals surface area contributed by atoms with Crippen LogP contribution < -0.4 is 11.5 Å². The van der Waals surface area contributed by atoms with E-state index in [2.05, 4.69) is 19.8 Å². The molecule has 3 aromatic heterocycles. The molecule has 3 heterocycles. The minimum atomic E-state index is -5.02. The third kappa shape index (κ3) is 5.20. The SMILES string of the molecule is CN(C)CCN(C)C1=C(N)CC(N)(c2ncc(C#N)c(-c3cnn4ccccc34)n2)C(OC(F)(F)F)=C1. The fraction of sp³-hybridized carbons (Fsp3) is 0.333. The van der Waals surface area contributed by atoms with Crippen molar-refractivity contribution in [2.75, 3.05) is 34.2 Å². The lowest BCUT2D eigenvalue weighted by molar-refractivity contribution is -0.310. The topological polar surface area (TPSA) is 135 Å². The minimum absolute atomic E-state index is 0.108. The van der Waals surface area contributed by atoms with Gasteiger partial charge >= 0.3 is 6.36 Å². The Morgan fingerprint density at radius 1 is 1.22 bits per heavy atom. The van der Waals surface area contributed by atoms with E-state index in [9.17, 15) is 18.4 Å². The van der Waals surface area contributed by atoms with Crippen LogP contribution in [0, 0.1) is 11.3 Å². The molecule has 4 rings (SSSR count). The van der Waals surface area contributed by atoms with E-state index in [1.807, 2.05) is 25.1 Å². The fourth-order valence-corrected chi connectivity index (χ4v) is 4.08. The first-order valence-electron chi connectivity index (χ1n) is 11.2. The van der Waals surface area contributed by atoms with Crippen molar-refractivity contribution in [3.8, 4) is 17.3 Å². The predicted octanol–water partition coefficient (Wildman–Crippen LogP) is 2.30. The molecule has 37 heavy (non-hydrogen) atoms. The van der Waals surface area contributed by atoms with Crippen LogP contribution in [0.3, 0.4) is 0 Å². The summed E-state index contributed by atoms with van der Waals surface area (Å²) in [6, 6.07) is 7.37. The molecule has 0 aromatic carbocycles. The maximum absolute atomic E-state index is 13.5. The number of nitriles is 1. The Morgan fingerprint density at radius 3 is 2.65 bits per heavy atom. The van der Waals surface area contributed by atoms with Crippen LogP contribution in [0.1, 0.15) is 17.8 Å². The molecule has 194 valence electrons. The standard InChI is InChI=1S/C24H26F3N9O/c1-34(2)8-9-35(3)19-10-20(37-24(25,26)27)23(30,11-17(19)29)22-31-13-15(12-28)21(33-22)16-14-32-36-7-5-4-6-18(16)36/h4-7,10,13-14H,8-9,11,29-30H2,1-3H3. The van der Waals surface area contributed by atoms with Crippen LogP contribution in [0.15, 0.2) is 60.0 Å². The number of ether oxygens (including phenoxy) is 1. The van der Waals surface area contributed by atoms with Crippen molar-refractivity contribution in [1.82, 2.24) is 29.4 Å². The molecule has 1 aliphatic rings. The van der Waals surface area contributed by atoms with Gasteiger partial charge in [0, 0.05) is 56.3 Å². The Labute approximate surface area is 211 Å². The molecule has 0 bridgehead atoms. The number of hydrogen-bond donors (Lipinski definition) is 2. The van der Waals surface area contributed by atoms with Crippen molar-refractivity contribution in [2.24, 2.45) is 11.5 Å². The summed E-state index contributed by atoms with van der Waals surface area (Å²) in [7, 11) is 5.49. The molecule has 0 saturated carbocycles. The lowest BCUT2D eigenvalue weighted by Crippen LogP contribution is -2.47. The first-order chi connectivity index (χ1) is 17.4. The molecule has 1 aliphatic carbocycles. The van der Waals surface area contributed by atoms with Gasteiger partial charge in [-0.3, -0.25) is 0 Å². The number of likely N-dealkylation sites (N-methyl/N-ethyl adjacent to an activating group) is 2. The smallest absolute Gasteiger partial charge is 0.408 e. The van der Waals surface area contributed by atoms with Crippen molar-refractivity contribution in [3.63, 3.8) is 0 Å². The zero-order chi connectivity index (χ0) is 27.0. The number of halogens is 3. The molecule has 0 aliphatic heterocycles. The van der Waals surface area contributed by atoms with Gasteiger partial charge in [0.2, 0.25) is 0 Å². The summed E-state index contributed by atoms with van der Waals surface area (Å²) in [5.74, 6) is -0.776. The largest absolute Gasteiger partial charge is 0.572 e. The van der Waals surface area contributed by atoms with E-state index in [1.165, 1.54) is 18.5 Å². The number of nitrogens with zero attached hydrogens (tertiary/aromatic N) is 7. The molecule has 1 unspecified atom stereocenters. The van der Waals surface area contributed by atoms with Gasteiger partial charge in [0.25, 0.3) is 0 Å². The number of rotatable bonds is 7. The Balaban J connectivity index is 1.82. The van der Waals surface area contributed by atoms with Crippen LogP contribution in [0.25, 0.3) is 16.8 Å². The highest BCUT2D eigenvalue weighted by atomic mass is 19.4. The maximum atomic E-state index is 13.5. The van der Waals surface area contributed by atoms with Crippen LogP contribution in [-0.2, 0) is 10.3 Å². The molecule has 4 N–H and O–H groups in total.